The fourth-order valence-electron chi connectivity index (χ4n) is 0.762. The van der Waals surface area contributed by atoms with Gasteiger partial charge in [-0.15, -0.1) is 0 Å². The van der Waals surface area contributed by atoms with Gasteiger partial charge >= 0.3 is 5.97 Å². The Kier molecular flexibility index (Phi) is 3.16. The highest BCUT2D eigenvalue weighted by Crippen LogP contribution is 2.32. The smallest absolute Gasteiger partial charge is 0.339 e. The number of benzene rings is 1. The summed E-state index contributed by atoms with van der Waals surface area (Å²) < 4.78 is 13.2. The second kappa shape index (κ2) is 3.82. The third-order valence-electron chi connectivity index (χ3n) is 1.33. The molecule has 1 rings (SSSR count). The second-order valence-electron chi connectivity index (χ2n) is 2.15. The highest BCUT2D eigenvalue weighted by Gasteiger charge is 2.19. The molecule has 2 nitrogen and oxygen atoms in total. The number of carbonyl (C=O) groups is 1. The monoisotopic (exact) mass is 286 g/mol. The average Bonchev–Trinajstić information content (AvgIpc) is 1.99. The van der Waals surface area contributed by atoms with Crippen molar-refractivity contribution in [2.75, 3.05) is 0 Å². The Hall–Kier alpha value is -0.320. The summed E-state index contributed by atoms with van der Waals surface area (Å²) in [7, 11) is 0. The van der Waals surface area contributed by atoms with E-state index in [9.17, 15) is 9.18 Å². The summed E-state index contributed by atoms with van der Waals surface area (Å²) in [4.78, 5) is 10.5. The minimum atomic E-state index is -1.40. The summed E-state index contributed by atoms with van der Waals surface area (Å²) in [6.45, 7) is 0. The minimum absolute atomic E-state index is 0.0314. The van der Waals surface area contributed by atoms with Crippen LogP contribution in [0.15, 0.2) is 10.5 Å². The van der Waals surface area contributed by atoms with E-state index in [-0.39, 0.29) is 14.5 Å². The van der Waals surface area contributed by atoms with Crippen molar-refractivity contribution in [1.29, 1.82) is 0 Å². The van der Waals surface area contributed by atoms with Crippen LogP contribution in [0.5, 0.6) is 0 Å². The van der Waals surface area contributed by atoms with Crippen molar-refractivity contribution in [3.05, 3.63) is 32.0 Å². The van der Waals surface area contributed by atoms with E-state index in [1.54, 1.807) is 0 Å². The Morgan fingerprint density at radius 2 is 2.08 bits per heavy atom. The molecular formula is C7H2BrCl2FO2. The molecule has 0 aliphatic heterocycles. The molecule has 1 aromatic rings. The van der Waals surface area contributed by atoms with Gasteiger partial charge in [0.1, 0.15) is 5.56 Å². The van der Waals surface area contributed by atoms with Crippen molar-refractivity contribution < 1.29 is 14.3 Å². The molecule has 0 aromatic heterocycles. The molecule has 0 spiro atoms. The van der Waals surface area contributed by atoms with Gasteiger partial charge in [-0.2, -0.15) is 0 Å². The van der Waals surface area contributed by atoms with Gasteiger partial charge in [0.25, 0.3) is 0 Å². The Morgan fingerprint density at radius 1 is 1.54 bits per heavy atom. The van der Waals surface area contributed by atoms with Gasteiger partial charge in [0.2, 0.25) is 0 Å². The summed E-state index contributed by atoms with van der Waals surface area (Å²) in [5.41, 5.74) is -0.519. The Morgan fingerprint density at radius 3 is 2.54 bits per heavy atom. The van der Waals surface area contributed by atoms with E-state index >= 15 is 0 Å². The SMILES string of the molecule is O=C(O)c1c(Br)cc(Cl)c(Cl)c1F. The Labute approximate surface area is 91.4 Å². The van der Waals surface area contributed by atoms with E-state index in [1.807, 2.05) is 0 Å². The van der Waals surface area contributed by atoms with Crippen molar-refractivity contribution >= 4 is 45.1 Å². The summed E-state index contributed by atoms with van der Waals surface area (Å²) in [6, 6.07) is 1.23. The maximum Gasteiger partial charge on any atom is 0.339 e. The summed E-state index contributed by atoms with van der Waals surface area (Å²) in [5.74, 6) is -2.43. The third-order valence-corrected chi connectivity index (χ3v) is 2.72. The molecular weight excluding hydrogens is 286 g/mol. The maximum atomic E-state index is 13.1. The first-order valence-electron chi connectivity index (χ1n) is 3.01. The van der Waals surface area contributed by atoms with E-state index < -0.39 is 17.3 Å². The largest absolute Gasteiger partial charge is 0.478 e. The van der Waals surface area contributed by atoms with Crippen LogP contribution in [0.2, 0.25) is 10.0 Å². The standard InChI is InChI=1S/C7H2BrCl2FO2/c8-2-1-3(9)5(10)6(11)4(2)7(12)13/h1H,(H,12,13). The van der Waals surface area contributed by atoms with Crippen LogP contribution in [-0.4, -0.2) is 11.1 Å². The Balaban J connectivity index is 3.53. The number of halogens is 4. The lowest BCUT2D eigenvalue weighted by molar-refractivity contribution is 0.0691. The van der Waals surface area contributed by atoms with Gasteiger partial charge < -0.3 is 5.11 Å². The van der Waals surface area contributed by atoms with Crippen LogP contribution < -0.4 is 0 Å². The predicted octanol–water partition coefficient (Wildman–Crippen LogP) is 3.59. The number of carboxylic acid groups (broad SMARTS) is 1. The number of hydrogen-bond acceptors (Lipinski definition) is 1. The molecule has 0 fully saturated rings. The van der Waals surface area contributed by atoms with Gasteiger partial charge in [0.05, 0.1) is 10.0 Å². The molecule has 0 bridgehead atoms. The normalized spacial score (nSPS) is 10.2. The van der Waals surface area contributed by atoms with Crippen molar-refractivity contribution in [3.63, 3.8) is 0 Å². The fourth-order valence-corrected chi connectivity index (χ4v) is 1.81. The summed E-state index contributed by atoms with van der Waals surface area (Å²) >= 11 is 13.8. The molecule has 6 heteroatoms. The molecule has 0 atom stereocenters. The van der Waals surface area contributed by atoms with E-state index in [2.05, 4.69) is 15.9 Å². The first-order chi connectivity index (χ1) is 5.95. The molecule has 0 amide bonds. The summed E-state index contributed by atoms with van der Waals surface area (Å²) in [5, 5.41) is 8.17. The Bertz CT molecular complexity index is 381. The molecule has 0 heterocycles. The van der Waals surface area contributed by atoms with Crippen LogP contribution >= 0.6 is 39.1 Å². The molecule has 0 aliphatic rings. The van der Waals surface area contributed by atoms with Crippen molar-refractivity contribution in [2.24, 2.45) is 0 Å². The molecule has 0 saturated carbocycles. The average molecular weight is 288 g/mol. The van der Waals surface area contributed by atoms with Crippen LogP contribution in [-0.2, 0) is 0 Å². The first-order valence-corrected chi connectivity index (χ1v) is 4.56. The van der Waals surface area contributed by atoms with E-state index in [4.69, 9.17) is 28.3 Å². The van der Waals surface area contributed by atoms with Crippen LogP contribution in [0.25, 0.3) is 0 Å². The number of rotatable bonds is 1. The molecule has 0 aliphatic carbocycles. The second-order valence-corrected chi connectivity index (χ2v) is 3.79. The molecule has 0 radical (unpaired) electrons. The van der Waals surface area contributed by atoms with Crippen LogP contribution in [0.4, 0.5) is 4.39 Å². The number of hydrogen-bond donors (Lipinski definition) is 1. The highest BCUT2D eigenvalue weighted by atomic mass is 79.9. The molecule has 70 valence electrons. The molecule has 13 heavy (non-hydrogen) atoms. The lowest BCUT2D eigenvalue weighted by atomic mass is 10.2. The topological polar surface area (TPSA) is 37.3 Å². The fraction of sp³-hybridized carbons (Fsp3) is 0. The zero-order chi connectivity index (χ0) is 10.2. The molecule has 1 aromatic carbocycles. The van der Waals surface area contributed by atoms with Crippen LogP contribution in [0.1, 0.15) is 10.4 Å². The van der Waals surface area contributed by atoms with Gasteiger partial charge in [-0.25, -0.2) is 9.18 Å². The van der Waals surface area contributed by atoms with Gasteiger partial charge in [-0.3, -0.25) is 0 Å². The van der Waals surface area contributed by atoms with Gasteiger partial charge in [-0.1, -0.05) is 23.2 Å². The molecule has 0 unspecified atom stereocenters. The van der Waals surface area contributed by atoms with E-state index in [0.29, 0.717) is 0 Å². The summed E-state index contributed by atoms with van der Waals surface area (Å²) in [6.07, 6.45) is 0. The van der Waals surface area contributed by atoms with Crippen molar-refractivity contribution in [1.82, 2.24) is 0 Å². The number of aromatic carboxylic acids is 1. The zero-order valence-corrected chi connectivity index (χ0v) is 9.04. The quantitative estimate of drug-likeness (QED) is 0.633. The maximum absolute atomic E-state index is 13.1. The van der Waals surface area contributed by atoms with Gasteiger partial charge in [-0.05, 0) is 22.0 Å². The number of carboxylic acids is 1. The molecule has 0 saturated heterocycles. The lowest BCUT2D eigenvalue weighted by Gasteiger charge is -2.04. The minimum Gasteiger partial charge on any atom is -0.478 e. The van der Waals surface area contributed by atoms with Gasteiger partial charge in [0.15, 0.2) is 5.82 Å². The predicted molar refractivity (Wildman–Crippen MR) is 51.1 cm³/mol. The zero-order valence-electron chi connectivity index (χ0n) is 5.94. The first kappa shape index (κ1) is 10.8. The van der Waals surface area contributed by atoms with Crippen molar-refractivity contribution in [3.8, 4) is 0 Å². The highest BCUT2D eigenvalue weighted by molar-refractivity contribution is 9.10. The third kappa shape index (κ3) is 1.95. The van der Waals surface area contributed by atoms with Gasteiger partial charge in [0, 0.05) is 4.47 Å². The van der Waals surface area contributed by atoms with Crippen LogP contribution in [0.3, 0.4) is 0 Å². The van der Waals surface area contributed by atoms with E-state index in [1.165, 1.54) is 6.07 Å². The molecule has 1 N–H and O–H groups in total. The van der Waals surface area contributed by atoms with Crippen LogP contribution in [0, 0.1) is 5.82 Å². The van der Waals surface area contributed by atoms with E-state index in [0.717, 1.165) is 0 Å². The van der Waals surface area contributed by atoms with Crippen molar-refractivity contribution in [2.45, 2.75) is 0 Å². The lowest BCUT2D eigenvalue weighted by Crippen LogP contribution is -2.02.